The van der Waals surface area contributed by atoms with Crippen molar-refractivity contribution in [3.8, 4) is 5.75 Å². The molecule has 0 aliphatic carbocycles. The molecule has 2 aromatic carbocycles. The second kappa shape index (κ2) is 14.7. The lowest BCUT2D eigenvalue weighted by molar-refractivity contribution is -0.137. The predicted octanol–water partition coefficient (Wildman–Crippen LogP) is 6.21. The minimum absolute atomic E-state index is 0.0195. The summed E-state index contributed by atoms with van der Waals surface area (Å²) in [5, 5.41) is 17.0. The Morgan fingerprint density at radius 1 is 1.00 bits per heavy atom. The summed E-state index contributed by atoms with van der Waals surface area (Å²) in [4.78, 5) is 22.9. The van der Waals surface area contributed by atoms with E-state index in [1.165, 1.54) is 6.07 Å². The fraction of sp³-hybridized carbons (Fsp3) is 0.367. The van der Waals surface area contributed by atoms with Crippen LogP contribution >= 0.6 is 22.9 Å². The molecular formula is C30H34ClN3O6S2. The predicted molar refractivity (Wildman–Crippen MR) is 164 cm³/mol. The van der Waals surface area contributed by atoms with Gasteiger partial charge < -0.3 is 15.2 Å². The van der Waals surface area contributed by atoms with Crippen molar-refractivity contribution >= 4 is 55.6 Å². The number of carbonyl (C=O) groups is 2. The fourth-order valence-corrected chi connectivity index (χ4v) is 7.62. The van der Waals surface area contributed by atoms with Gasteiger partial charge in [-0.2, -0.15) is 5.10 Å². The number of unbranched alkanes of at least 4 members (excludes halogenated alkanes) is 4. The van der Waals surface area contributed by atoms with Gasteiger partial charge in [0.15, 0.2) is 9.84 Å². The topological polar surface area (TPSA) is 128 Å². The number of thiophene rings is 1. The van der Waals surface area contributed by atoms with Gasteiger partial charge in [-0.1, -0.05) is 61.2 Å². The minimum atomic E-state index is -3.67. The van der Waals surface area contributed by atoms with E-state index in [0.717, 1.165) is 53.7 Å². The Kier molecular flexibility index (Phi) is 11.0. The van der Waals surface area contributed by atoms with Crippen LogP contribution in [0.3, 0.4) is 0 Å². The van der Waals surface area contributed by atoms with Crippen molar-refractivity contribution in [3.63, 3.8) is 0 Å². The molecule has 0 saturated carbocycles. The summed E-state index contributed by atoms with van der Waals surface area (Å²) in [5.41, 5.74) is 3.05. The number of benzene rings is 2. The van der Waals surface area contributed by atoms with E-state index in [1.807, 2.05) is 36.4 Å². The van der Waals surface area contributed by atoms with E-state index in [4.69, 9.17) is 26.5 Å². The van der Waals surface area contributed by atoms with Crippen LogP contribution in [0.5, 0.6) is 5.75 Å². The van der Waals surface area contributed by atoms with Crippen molar-refractivity contribution in [2.24, 2.45) is 0 Å². The Bertz CT molecular complexity index is 1650. The summed E-state index contributed by atoms with van der Waals surface area (Å²) < 4.78 is 34.2. The molecule has 4 rings (SSSR count). The van der Waals surface area contributed by atoms with Crippen LogP contribution in [-0.2, 0) is 38.3 Å². The Morgan fingerprint density at radius 3 is 2.43 bits per heavy atom. The highest BCUT2D eigenvalue weighted by Gasteiger charge is 2.24. The number of nitrogens with one attached hydrogen (secondary N) is 1. The Balaban J connectivity index is 1.41. The van der Waals surface area contributed by atoms with Crippen LogP contribution in [0.2, 0.25) is 4.34 Å². The number of rotatable bonds is 16. The largest absolute Gasteiger partial charge is 0.496 e. The number of aliphatic carboxylic acids is 1. The second-order valence-corrected chi connectivity index (χ2v) is 14.0. The molecule has 42 heavy (non-hydrogen) atoms. The Labute approximate surface area is 254 Å². The summed E-state index contributed by atoms with van der Waals surface area (Å²) in [6.07, 6.45) is 4.75. The molecule has 2 N–H and O–H groups in total. The molecule has 0 radical (unpaired) electrons. The lowest BCUT2D eigenvalue weighted by atomic mass is 10.1. The molecule has 2 aromatic heterocycles. The molecule has 9 nitrogen and oxygen atoms in total. The maximum Gasteiger partial charge on any atom is 0.303 e. The van der Waals surface area contributed by atoms with E-state index in [0.29, 0.717) is 47.1 Å². The molecule has 0 unspecified atom stereocenters. The van der Waals surface area contributed by atoms with Gasteiger partial charge in [0.05, 0.1) is 34.6 Å². The monoisotopic (exact) mass is 631 g/mol. The lowest BCUT2D eigenvalue weighted by Gasteiger charge is -2.09. The first kappa shape index (κ1) is 31.5. The number of amides is 1. The first-order valence-electron chi connectivity index (χ1n) is 13.7. The first-order valence-corrected chi connectivity index (χ1v) is 16.6. The molecule has 0 aliphatic heterocycles. The number of hydrogen-bond acceptors (Lipinski definition) is 7. The molecule has 0 saturated heterocycles. The summed E-state index contributed by atoms with van der Waals surface area (Å²) >= 11 is 7.01. The number of sulfone groups is 1. The number of carboxylic acid groups (broad SMARTS) is 1. The van der Waals surface area contributed by atoms with Crippen LogP contribution in [-0.4, -0.2) is 42.3 Å². The maximum absolute atomic E-state index is 13.2. The highest BCUT2D eigenvalue weighted by molar-refractivity contribution is 7.92. The highest BCUT2D eigenvalue weighted by Crippen LogP contribution is 2.33. The van der Waals surface area contributed by atoms with Gasteiger partial charge in [-0.05, 0) is 48.2 Å². The van der Waals surface area contributed by atoms with Gasteiger partial charge in [-0.3, -0.25) is 14.3 Å². The van der Waals surface area contributed by atoms with Crippen LogP contribution in [0.4, 0.5) is 0 Å². The average molecular weight is 632 g/mol. The standard InChI is InChI=1S/C30H34ClN3O6S2/c1-40-25-12-8-11-24-30(25)23(20-42(38,39)29-16-15-26(31)41-29)33-34(24)19-22-10-7-9-21(17-22)18-32-27(35)13-5-3-2-4-6-14-28(36)37/h7-12,15-17H,2-6,13-14,18-20H2,1H3,(H,32,35)(H,36,37). The van der Waals surface area contributed by atoms with Gasteiger partial charge >= 0.3 is 5.97 Å². The van der Waals surface area contributed by atoms with Crippen LogP contribution in [0.15, 0.2) is 58.8 Å². The van der Waals surface area contributed by atoms with E-state index in [2.05, 4.69) is 5.32 Å². The molecule has 1 amide bonds. The van der Waals surface area contributed by atoms with Crippen molar-refractivity contribution in [2.45, 2.75) is 68.0 Å². The third-order valence-corrected chi connectivity index (χ3v) is 10.3. The number of carboxylic acids is 1. The molecule has 0 atom stereocenters. The van der Waals surface area contributed by atoms with Gasteiger partial charge in [0.25, 0.3) is 0 Å². The molecule has 0 bridgehead atoms. The first-order chi connectivity index (χ1) is 20.2. The van der Waals surface area contributed by atoms with E-state index >= 15 is 0 Å². The zero-order valence-electron chi connectivity index (χ0n) is 23.3. The molecule has 224 valence electrons. The Hall–Kier alpha value is -3.41. The minimum Gasteiger partial charge on any atom is -0.496 e. The van der Waals surface area contributed by atoms with Crippen LogP contribution in [0.1, 0.15) is 61.8 Å². The third kappa shape index (κ3) is 8.56. The molecule has 2 heterocycles. The maximum atomic E-state index is 13.2. The van der Waals surface area contributed by atoms with Crippen molar-refractivity contribution in [3.05, 3.63) is 75.8 Å². The summed E-state index contributed by atoms with van der Waals surface area (Å²) in [7, 11) is -2.12. The SMILES string of the molecule is COc1cccc2c1c(CS(=O)(=O)c1ccc(Cl)s1)nn2Cc1cccc(CNC(=O)CCCCCCCC(=O)O)c1. The zero-order valence-corrected chi connectivity index (χ0v) is 25.7. The van der Waals surface area contributed by atoms with Crippen LogP contribution in [0, 0.1) is 0 Å². The summed E-state index contributed by atoms with van der Waals surface area (Å²) in [5.74, 6) is -0.533. The summed E-state index contributed by atoms with van der Waals surface area (Å²) in [6, 6.07) is 16.4. The molecule has 4 aromatic rings. The van der Waals surface area contributed by atoms with Crippen molar-refractivity contribution in [1.82, 2.24) is 15.1 Å². The number of ether oxygens (including phenoxy) is 1. The fourth-order valence-electron chi connectivity index (χ4n) is 4.77. The van der Waals surface area contributed by atoms with E-state index in [-0.39, 0.29) is 22.3 Å². The van der Waals surface area contributed by atoms with Gasteiger partial charge in [0, 0.05) is 19.4 Å². The molecule has 0 fully saturated rings. The number of methoxy groups -OCH3 is 1. The number of nitrogens with zero attached hydrogens (tertiary/aromatic N) is 2. The zero-order chi connectivity index (χ0) is 30.1. The molecular weight excluding hydrogens is 598 g/mol. The Morgan fingerprint density at radius 2 is 1.71 bits per heavy atom. The van der Waals surface area contributed by atoms with Crippen LogP contribution in [0.25, 0.3) is 10.9 Å². The number of fused-ring (bicyclic) bond motifs is 1. The molecule has 0 spiro atoms. The summed E-state index contributed by atoms with van der Waals surface area (Å²) in [6.45, 7) is 0.796. The van der Waals surface area contributed by atoms with Crippen molar-refractivity contribution < 1.29 is 27.9 Å². The van der Waals surface area contributed by atoms with Crippen molar-refractivity contribution in [2.75, 3.05) is 7.11 Å². The van der Waals surface area contributed by atoms with E-state index < -0.39 is 15.8 Å². The number of carbonyl (C=O) groups excluding carboxylic acids is 1. The van der Waals surface area contributed by atoms with Crippen LogP contribution < -0.4 is 10.1 Å². The molecule has 12 heteroatoms. The van der Waals surface area contributed by atoms with Gasteiger partial charge in [-0.15, -0.1) is 11.3 Å². The third-order valence-electron chi connectivity index (χ3n) is 6.82. The number of halogens is 1. The number of aromatic nitrogens is 2. The van der Waals surface area contributed by atoms with Gasteiger partial charge in [-0.25, -0.2) is 8.42 Å². The number of hydrogen-bond donors (Lipinski definition) is 2. The van der Waals surface area contributed by atoms with Gasteiger partial charge in [0.2, 0.25) is 5.91 Å². The van der Waals surface area contributed by atoms with Crippen molar-refractivity contribution in [1.29, 1.82) is 0 Å². The quantitative estimate of drug-likeness (QED) is 0.141. The smallest absolute Gasteiger partial charge is 0.303 e. The van der Waals surface area contributed by atoms with E-state index in [1.54, 1.807) is 23.9 Å². The molecule has 0 aliphatic rings. The second-order valence-electron chi connectivity index (χ2n) is 10.0. The normalized spacial score (nSPS) is 11.6. The highest BCUT2D eigenvalue weighted by atomic mass is 35.5. The lowest BCUT2D eigenvalue weighted by Crippen LogP contribution is -2.22. The van der Waals surface area contributed by atoms with E-state index in [9.17, 15) is 18.0 Å². The van der Waals surface area contributed by atoms with Gasteiger partial charge in [0.1, 0.15) is 15.7 Å². The average Bonchev–Trinajstić information content (AvgIpc) is 3.55.